The Hall–Kier alpha value is -3.19. The number of rotatable bonds is 9. The van der Waals surface area contributed by atoms with Gasteiger partial charge in [-0.15, -0.1) is 0 Å². The minimum atomic E-state index is -1.61. The van der Waals surface area contributed by atoms with Crippen LogP contribution in [0.3, 0.4) is 0 Å². The molecule has 160 valence electrons. The van der Waals surface area contributed by atoms with Crippen molar-refractivity contribution in [3.63, 3.8) is 0 Å². The molecule has 0 bridgehead atoms. The summed E-state index contributed by atoms with van der Waals surface area (Å²) in [5.41, 5.74) is 1.68. The monoisotopic (exact) mass is 413 g/mol. The van der Waals surface area contributed by atoms with Crippen LogP contribution in [-0.2, 0) is 25.5 Å². The molecule has 0 heterocycles. The van der Waals surface area contributed by atoms with Crippen molar-refractivity contribution in [1.29, 1.82) is 0 Å². The third kappa shape index (κ3) is 6.15. The van der Waals surface area contributed by atoms with Gasteiger partial charge in [0.2, 0.25) is 0 Å². The number of amides is 1. The quantitative estimate of drug-likeness (QED) is 0.430. The number of esters is 1. The highest BCUT2D eigenvalue weighted by Crippen LogP contribution is 2.27. The fourth-order valence-corrected chi connectivity index (χ4v) is 3.23. The predicted molar refractivity (Wildman–Crippen MR) is 112 cm³/mol. The molecule has 0 spiro atoms. The van der Waals surface area contributed by atoms with Gasteiger partial charge in [0.1, 0.15) is 0 Å². The van der Waals surface area contributed by atoms with Gasteiger partial charge in [-0.1, -0.05) is 54.6 Å². The van der Waals surface area contributed by atoms with Gasteiger partial charge in [0, 0.05) is 6.04 Å². The lowest BCUT2D eigenvalue weighted by atomic mass is 9.82. The van der Waals surface area contributed by atoms with E-state index in [1.165, 1.54) is 6.92 Å². The number of aliphatic hydroxyl groups is 1. The Balaban J connectivity index is 2.21. The molecule has 0 aliphatic heterocycles. The van der Waals surface area contributed by atoms with Gasteiger partial charge in [-0.25, -0.2) is 4.79 Å². The van der Waals surface area contributed by atoms with Crippen molar-refractivity contribution in [3.05, 3.63) is 60.2 Å². The lowest BCUT2D eigenvalue weighted by molar-refractivity contribution is -0.158. The molecule has 2 atom stereocenters. The van der Waals surface area contributed by atoms with Crippen LogP contribution in [0.2, 0.25) is 0 Å². The highest BCUT2D eigenvalue weighted by atomic mass is 16.5. The van der Waals surface area contributed by atoms with Gasteiger partial charge in [0.25, 0.3) is 0 Å². The fourth-order valence-electron chi connectivity index (χ4n) is 3.23. The second-order valence-electron chi connectivity index (χ2n) is 7.39. The maximum absolute atomic E-state index is 12.3. The second-order valence-corrected chi connectivity index (χ2v) is 7.39. The average Bonchev–Trinajstić information content (AvgIpc) is 2.74. The van der Waals surface area contributed by atoms with Crippen LogP contribution in [0.25, 0.3) is 11.1 Å². The van der Waals surface area contributed by atoms with E-state index in [-0.39, 0.29) is 13.0 Å². The fraction of sp³-hybridized carbons (Fsp3) is 0.348. The molecule has 0 saturated heterocycles. The summed E-state index contributed by atoms with van der Waals surface area (Å²) in [6, 6.07) is 16.8. The Morgan fingerprint density at radius 3 is 2.17 bits per heavy atom. The van der Waals surface area contributed by atoms with Gasteiger partial charge >= 0.3 is 17.8 Å². The molecule has 0 aliphatic rings. The lowest BCUT2D eigenvalue weighted by Gasteiger charge is -2.30. The molecule has 1 amide bonds. The van der Waals surface area contributed by atoms with Crippen LogP contribution in [-0.4, -0.2) is 47.3 Å². The Morgan fingerprint density at radius 1 is 1.03 bits per heavy atom. The number of hydrogen-bond acceptors (Lipinski definition) is 5. The standard InChI is InChI=1S/C23H27NO6/c1-3-30-22(29)23(2,15-25)14-19(24-20(26)21(27)28)13-16-9-11-18(12-10-16)17-7-5-4-6-8-17/h4-12,19,25H,3,13-15H2,1-2H3,(H,24,26)(H,27,28)/t19-,23+/m1/s1. The van der Waals surface area contributed by atoms with Gasteiger partial charge in [-0.3, -0.25) is 9.59 Å². The van der Waals surface area contributed by atoms with E-state index in [1.807, 2.05) is 54.6 Å². The maximum Gasteiger partial charge on any atom is 0.394 e. The summed E-state index contributed by atoms with van der Waals surface area (Å²) in [4.78, 5) is 35.1. The molecular formula is C23H27NO6. The molecule has 0 fully saturated rings. The molecule has 7 nitrogen and oxygen atoms in total. The number of carbonyl (C=O) groups excluding carboxylic acids is 2. The van der Waals surface area contributed by atoms with E-state index in [2.05, 4.69) is 5.32 Å². The number of aliphatic carboxylic acids is 1. The average molecular weight is 413 g/mol. The van der Waals surface area contributed by atoms with E-state index in [4.69, 9.17) is 9.84 Å². The molecule has 0 saturated carbocycles. The van der Waals surface area contributed by atoms with Crippen molar-refractivity contribution in [2.75, 3.05) is 13.2 Å². The van der Waals surface area contributed by atoms with Crippen LogP contribution in [0, 0.1) is 5.41 Å². The van der Waals surface area contributed by atoms with Crippen molar-refractivity contribution in [1.82, 2.24) is 5.32 Å². The van der Waals surface area contributed by atoms with E-state index in [1.54, 1.807) is 6.92 Å². The number of aliphatic hydroxyl groups excluding tert-OH is 1. The van der Waals surface area contributed by atoms with Crippen molar-refractivity contribution in [3.8, 4) is 11.1 Å². The number of carboxylic acids is 1. The SMILES string of the molecule is CCOC(=O)[C@](C)(CO)C[C@@H](Cc1ccc(-c2ccccc2)cc1)NC(=O)C(=O)O. The third-order valence-electron chi connectivity index (χ3n) is 4.89. The van der Waals surface area contributed by atoms with Gasteiger partial charge < -0.3 is 20.3 Å². The minimum Gasteiger partial charge on any atom is -0.474 e. The first-order valence-electron chi connectivity index (χ1n) is 9.75. The van der Waals surface area contributed by atoms with E-state index in [0.717, 1.165) is 16.7 Å². The minimum absolute atomic E-state index is 0.0296. The van der Waals surface area contributed by atoms with Crippen molar-refractivity contribution in [2.24, 2.45) is 5.41 Å². The maximum atomic E-state index is 12.3. The number of carbonyl (C=O) groups is 3. The molecular weight excluding hydrogens is 386 g/mol. The van der Waals surface area contributed by atoms with Gasteiger partial charge in [-0.2, -0.15) is 0 Å². The number of nitrogens with one attached hydrogen (secondary N) is 1. The van der Waals surface area contributed by atoms with Crippen LogP contribution in [0.4, 0.5) is 0 Å². The first-order valence-corrected chi connectivity index (χ1v) is 9.75. The van der Waals surface area contributed by atoms with Gasteiger partial charge in [0.05, 0.1) is 18.6 Å². The second kappa shape index (κ2) is 10.5. The van der Waals surface area contributed by atoms with Crippen molar-refractivity contribution >= 4 is 17.8 Å². The van der Waals surface area contributed by atoms with E-state index < -0.39 is 35.9 Å². The molecule has 3 N–H and O–H groups in total. The Kier molecular flexibility index (Phi) is 8.12. The Labute approximate surface area is 175 Å². The molecule has 0 radical (unpaired) electrons. The zero-order valence-electron chi connectivity index (χ0n) is 17.1. The van der Waals surface area contributed by atoms with Crippen molar-refractivity contribution in [2.45, 2.75) is 32.7 Å². The zero-order valence-corrected chi connectivity index (χ0v) is 17.1. The predicted octanol–water partition coefficient (Wildman–Crippen LogP) is 2.42. The molecule has 2 aromatic carbocycles. The molecule has 2 aromatic rings. The highest BCUT2D eigenvalue weighted by molar-refractivity contribution is 6.31. The molecule has 2 rings (SSSR count). The van der Waals surface area contributed by atoms with Crippen LogP contribution >= 0.6 is 0 Å². The molecule has 30 heavy (non-hydrogen) atoms. The Bertz CT molecular complexity index is 865. The summed E-state index contributed by atoms with van der Waals surface area (Å²) in [5, 5.41) is 21.2. The summed E-state index contributed by atoms with van der Waals surface area (Å²) < 4.78 is 5.04. The van der Waals surface area contributed by atoms with Crippen LogP contribution in [0.15, 0.2) is 54.6 Å². The third-order valence-corrected chi connectivity index (χ3v) is 4.89. The first kappa shape index (κ1) is 23.1. The first-order chi connectivity index (χ1) is 14.3. The van der Waals surface area contributed by atoms with Crippen molar-refractivity contribution < 1.29 is 29.3 Å². The van der Waals surface area contributed by atoms with E-state index >= 15 is 0 Å². The smallest absolute Gasteiger partial charge is 0.394 e. The Morgan fingerprint density at radius 2 is 1.63 bits per heavy atom. The number of hydrogen-bond donors (Lipinski definition) is 3. The zero-order chi connectivity index (χ0) is 22.1. The van der Waals surface area contributed by atoms with Crippen LogP contribution in [0.5, 0.6) is 0 Å². The molecule has 0 aromatic heterocycles. The number of carboxylic acid groups (broad SMARTS) is 1. The number of benzene rings is 2. The molecule has 0 unspecified atom stereocenters. The van der Waals surface area contributed by atoms with E-state index in [0.29, 0.717) is 6.42 Å². The van der Waals surface area contributed by atoms with Crippen LogP contribution in [0.1, 0.15) is 25.8 Å². The molecule has 7 heteroatoms. The largest absolute Gasteiger partial charge is 0.474 e. The van der Waals surface area contributed by atoms with Gasteiger partial charge in [0.15, 0.2) is 0 Å². The number of ether oxygens (including phenoxy) is 1. The summed E-state index contributed by atoms with van der Waals surface area (Å²) >= 11 is 0. The summed E-state index contributed by atoms with van der Waals surface area (Å²) in [6.07, 6.45) is 0.324. The summed E-state index contributed by atoms with van der Waals surface area (Å²) in [7, 11) is 0. The molecule has 0 aliphatic carbocycles. The van der Waals surface area contributed by atoms with E-state index in [9.17, 15) is 19.5 Å². The lowest BCUT2D eigenvalue weighted by Crippen LogP contribution is -2.46. The highest BCUT2D eigenvalue weighted by Gasteiger charge is 2.37. The van der Waals surface area contributed by atoms with Crippen LogP contribution < -0.4 is 5.32 Å². The van der Waals surface area contributed by atoms with Gasteiger partial charge in [-0.05, 0) is 43.4 Å². The summed E-state index contributed by atoms with van der Waals surface area (Å²) in [6.45, 7) is 2.86. The summed E-state index contributed by atoms with van der Waals surface area (Å²) in [5.74, 6) is -3.37. The topological polar surface area (TPSA) is 113 Å². The normalized spacial score (nSPS) is 13.7.